The number of nitrogens with one attached hydrogen (secondary N) is 1. The van der Waals surface area contributed by atoms with E-state index in [1.54, 1.807) is 12.1 Å². The highest BCUT2D eigenvalue weighted by atomic mass is 127. The highest BCUT2D eigenvalue weighted by Crippen LogP contribution is 2.34. The molecule has 0 bridgehead atoms. The Morgan fingerprint density at radius 2 is 1.95 bits per heavy atom. The summed E-state index contributed by atoms with van der Waals surface area (Å²) < 4.78 is 16.1. The average Bonchev–Trinajstić information content (AvgIpc) is 2.44. The second-order valence-electron chi connectivity index (χ2n) is 4.28. The summed E-state index contributed by atoms with van der Waals surface area (Å²) >= 11 is 11.5. The highest BCUT2D eigenvalue weighted by molar-refractivity contribution is 14.1. The molecule has 1 unspecified atom stereocenters. The molecule has 1 N–H and O–H groups in total. The molecule has 1 atom stereocenters. The highest BCUT2D eigenvalue weighted by Gasteiger charge is 2.21. The van der Waals surface area contributed by atoms with Gasteiger partial charge in [-0.2, -0.15) is 0 Å². The summed E-state index contributed by atoms with van der Waals surface area (Å²) in [5, 5.41) is 3.45. The maximum Gasteiger partial charge on any atom is 0.148 e. The lowest BCUT2D eigenvalue weighted by Gasteiger charge is -2.21. The van der Waals surface area contributed by atoms with Crippen LogP contribution in [-0.2, 0) is 0 Å². The topological polar surface area (TPSA) is 12.0 Å². The maximum atomic E-state index is 14.4. The van der Waals surface area contributed by atoms with E-state index in [0.29, 0.717) is 10.0 Å². The minimum absolute atomic E-state index is 0.122. The molecular formula is C15H13BrClFIN. The second kappa shape index (κ2) is 7.20. The number of hydrogen-bond donors (Lipinski definition) is 1. The Morgan fingerprint density at radius 1 is 1.25 bits per heavy atom. The van der Waals surface area contributed by atoms with Crippen molar-refractivity contribution in [2.45, 2.75) is 13.0 Å². The monoisotopic (exact) mass is 467 g/mol. The van der Waals surface area contributed by atoms with Crippen LogP contribution < -0.4 is 5.32 Å². The second-order valence-corrected chi connectivity index (χ2v) is 6.67. The Morgan fingerprint density at radius 3 is 2.60 bits per heavy atom. The van der Waals surface area contributed by atoms with Gasteiger partial charge < -0.3 is 5.32 Å². The van der Waals surface area contributed by atoms with E-state index in [1.807, 2.05) is 31.2 Å². The molecule has 0 aliphatic carbocycles. The number of rotatable bonds is 4. The zero-order chi connectivity index (χ0) is 14.7. The molecule has 2 aromatic carbocycles. The summed E-state index contributed by atoms with van der Waals surface area (Å²) in [6.07, 6.45) is 0. The first kappa shape index (κ1) is 16.2. The van der Waals surface area contributed by atoms with Crippen molar-refractivity contribution in [2.75, 3.05) is 6.54 Å². The Balaban J connectivity index is 2.55. The molecule has 0 aliphatic rings. The van der Waals surface area contributed by atoms with E-state index in [1.165, 1.54) is 0 Å². The predicted molar refractivity (Wildman–Crippen MR) is 93.8 cm³/mol. The van der Waals surface area contributed by atoms with Gasteiger partial charge in [0, 0.05) is 13.6 Å². The van der Waals surface area contributed by atoms with Gasteiger partial charge in [0.05, 0.1) is 11.1 Å². The van der Waals surface area contributed by atoms with Crippen LogP contribution in [0.15, 0.2) is 40.9 Å². The van der Waals surface area contributed by atoms with Gasteiger partial charge in [-0.1, -0.05) is 42.8 Å². The van der Waals surface area contributed by atoms with Crippen molar-refractivity contribution in [1.29, 1.82) is 0 Å². The predicted octanol–water partition coefficient (Wildman–Crippen LogP) is 5.55. The number of hydrogen-bond acceptors (Lipinski definition) is 1. The third-order valence-electron chi connectivity index (χ3n) is 3.00. The third-order valence-corrected chi connectivity index (χ3v) is 5.24. The quantitative estimate of drug-likeness (QED) is 0.459. The van der Waals surface area contributed by atoms with Crippen molar-refractivity contribution in [3.05, 3.63) is 66.4 Å². The van der Waals surface area contributed by atoms with Crippen LogP contribution in [0, 0.1) is 9.39 Å². The first-order valence-electron chi connectivity index (χ1n) is 6.17. The van der Waals surface area contributed by atoms with Crippen LogP contribution >= 0.6 is 50.1 Å². The molecule has 106 valence electrons. The molecule has 0 spiro atoms. The van der Waals surface area contributed by atoms with Crippen LogP contribution in [0.1, 0.15) is 24.1 Å². The van der Waals surface area contributed by atoms with Crippen LogP contribution in [0.25, 0.3) is 0 Å². The van der Waals surface area contributed by atoms with Crippen LogP contribution in [0.3, 0.4) is 0 Å². The molecule has 0 saturated heterocycles. The first-order chi connectivity index (χ1) is 9.56. The standard InChI is InChI=1S/C15H13BrClFIN/c1-2-20-15(9-5-3-4-6-12(9)19)10-7-8-11(16)13(17)14(10)18/h3-8,15,20H,2H2,1H3. The molecule has 0 saturated carbocycles. The van der Waals surface area contributed by atoms with Crippen molar-refractivity contribution >= 4 is 50.1 Å². The molecule has 0 fully saturated rings. The largest absolute Gasteiger partial charge is 0.306 e. The Hall–Kier alpha value is -0.170. The van der Waals surface area contributed by atoms with E-state index in [0.717, 1.165) is 15.7 Å². The lowest BCUT2D eigenvalue weighted by atomic mass is 9.98. The van der Waals surface area contributed by atoms with Crippen molar-refractivity contribution in [1.82, 2.24) is 5.32 Å². The van der Waals surface area contributed by atoms with Gasteiger partial charge in [0.15, 0.2) is 0 Å². The lowest BCUT2D eigenvalue weighted by Crippen LogP contribution is -2.24. The molecule has 0 aliphatic heterocycles. The third kappa shape index (κ3) is 3.35. The molecule has 0 radical (unpaired) electrons. The van der Waals surface area contributed by atoms with Gasteiger partial charge in [-0.05, 0) is 62.8 Å². The average molecular weight is 469 g/mol. The number of halogens is 4. The smallest absolute Gasteiger partial charge is 0.148 e. The van der Waals surface area contributed by atoms with Crippen LogP contribution in [0.5, 0.6) is 0 Å². The summed E-state index contributed by atoms with van der Waals surface area (Å²) in [5.74, 6) is -0.383. The molecule has 0 heterocycles. The van der Waals surface area contributed by atoms with Crippen molar-refractivity contribution < 1.29 is 4.39 Å². The van der Waals surface area contributed by atoms with Gasteiger partial charge in [0.25, 0.3) is 0 Å². The van der Waals surface area contributed by atoms with E-state index in [2.05, 4.69) is 43.8 Å². The van der Waals surface area contributed by atoms with Gasteiger partial charge in [-0.15, -0.1) is 0 Å². The van der Waals surface area contributed by atoms with E-state index < -0.39 is 0 Å². The summed E-state index contributed by atoms with van der Waals surface area (Å²) in [4.78, 5) is 0. The van der Waals surface area contributed by atoms with E-state index in [4.69, 9.17) is 11.6 Å². The van der Waals surface area contributed by atoms with Crippen LogP contribution in [-0.4, -0.2) is 6.54 Å². The fourth-order valence-electron chi connectivity index (χ4n) is 2.06. The van der Waals surface area contributed by atoms with Gasteiger partial charge >= 0.3 is 0 Å². The van der Waals surface area contributed by atoms with Crippen LogP contribution in [0.4, 0.5) is 4.39 Å². The van der Waals surface area contributed by atoms with Crippen molar-refractivity contribution in [3.8, 4) is 0 Å². The van der Waals surface area contributed by atoms with Gasteiger partial charge in [0.2, 0.25) is 0 Å². The Bertz CT molecular complexity index is 621. The normalized spacial score (nSPS) is 12.4. The van der Waals surface area contributed by atoms with E-state index in [-0.39, 0.29) is 16.9 Å². The lowest BCUT2D eigenvalue weighted by molar-refractivity contribution is 0.557. The van der Waals surface area contributed by atoms with Gasteiger partial charge in [0.1, 0.15) is 5.82 Å². The summed E-state index contributed by atoms with van der Waals surface area (Å²) in [6, 6.07) is 11.3. The van der Waals surface area contributed by atoms with Gasteiger partial charge in [-0.3, -0.25) is 0 Å². The first-order valence-corrected chi connectivity index (χ1v) is 8.42. The molecule has 0 aromatic heterocycles. The SMILES string of the molecule is CCNC(c1ccccc1I)c1ccc(Br)c(Cl)c1F. The summed E-state index contributed by atoms with van der Waals surface area (Å²) in [7, 11) is 0. The molecule has 2 aromatic rings. The van der Waals surface area contributed by atoms with Crippen LogP contribution in [0.2, 0.25) is 5.02 Å². The molecular weight excluding hydrogens is 455 g/mol. The summed E-state index contributed by atoms with van der Waals surface area (Å²) in [6.45, 7) is 2.74. The molecule has 0 amide bonds. The van der Waals surface area contributed by atoms with E-state index >= 15 is 0 Å². The Kier molecular flexibility index (Phi) is 5.84. The maximum absolute atomic E-state index is 14.4. The number of benzene rings is 2. The zero-order valence-electron chi connectivity index (χ0n) is 10.8. The molecule has 5 heteroatoms. The van der Waals surface area contributed by atoms with E-state index in [9.17, 15) is 4.39 Å². The minimum atomic E-state index is -0.383. The molecule has 2 rings (SSSR count). The minimum Gasteiger partial charge on any atom is -0.306 e. The van der Waals surface area contributed by atoms with Crippen molar-refractivity contribution in [3.63, 3.8) is 0 Å². The molecule has 1 nitrogen and oxygen atoms in total. The fourth-order valence-corrected chi connectivity index (χ4v) is 3.24. The van der Waals surface area contributed by atoms with Gasteiger partial charge in [-0.25, -0.2) is 4.39 Å². The Labute approximate surface area is 145 Å². The summed E-state index contributed by atoms with van der Waals surface area (Å²) in [5.41, 5.74) is 1.61. The van der Waals surface area contributed by atoms with Crippen molar-refractivity contribution in [2.24, 2.45) is 0 Å². The molecule has 20 heavy (non-hydrogen) atoms. The fraction of sp³-hybridized carbons (Fsp3) is 0.200. The zero-order valence-corrected chi connectivity index (χ0v) is 15.3.